The Kier molecular flexibility index (Phi) is 6.85. The zero-order chi connectivity index (χ0) is 23.8. The Hall–Kier alpha value is -1.97. The van der Waals surface area contributed by atoms with Gasteiger partial charge < -0.3 is 14.9 Å². The van der Waals surface area contributed by atoms with Crippen molar-refractivity contribution in [2.75, 3.05) is 13.2 Å². The number of alkyl halides is 3. The van der Waals surface area contributed by atoms with Crippen molar-refractivity contribution in [3.05, 3.63) is 38.8 Å². The van der Waals surface area contributed by atoms with Crippen molar-refractivity contribution < 1.29 is 28.1 Å². The van der Waals surface area contributed by atoms with Crippen LogP contribution in [0.1, 0.15) is 52.6 Å². The summed E-state index contributed by atoms with van der Waals surface area (Å²) in [7, 11) is 0. The Morgan fingerprint density at radius 2 is 2.24 bits per heavy atom. The highest BCUT2D eigenvalue weighted by Gasteiger charge is 2.48. The third-order valence-electron chi connectivity index (χ3n) is 6.52. The predicted molar refractivity (Wildman–Crippen MR) is 114 cm³/mol. The van der Waals surface area contributed by atoms with Crippen LogP contribution >= 0.6 is 11.3 Å². The average molecular weight is 485 g/mol. The Morgan fingerprint density at radius 1 is 1.45 bits per heavy atom. The minimum Gasteiger partial charge on any atom is -0.392 e. The molecule has 0 aliphatic carbocycles. The molecule has 33 heavy (non-hydrogen) atoms. The van der Waals surface area contributed by atoms with Gasteiger partial charge in [-0.1, -0.05) is 0 Å². The molecule has 4 heterocycles. The van der Waals surface area contributed by atoms with Crippen LogP contribution in [0.2, 0.25) is 0 Å². The number of aromatic nitrogens is 2. The van der Waals surface area contributed by atoms with Gasteiger partial charge in [0.25, 0.3) is 0 Å². The monoisotopic (exact) mass is 484 g/mol. The third-order valence-corrected chi connectivity index (χ3v) is 8.03. The number of nitrogens with zero attached hydrogens (tertiary/aromatic N) is 4. The quantitative estimate of drug-likeness (QED) is 0.654. The Morgan fingerprint density at radius 3 is 2.91 bits per heavy atom. The van der Waals surface area contributed by atoms with E-state index in [4.69, 9.17) is 10.00 Å². The van der Waals surface area contributed by atoms with E-state index < -0.39 is 29.4 Å². The standard InChI is InChI=1S/C22H27F3N4O3S/c1-14-8-21(19-17(3-7-32-21)18(13-30)20(33-19)22(23,24)25)4-6-28(14)10-15-9-27-29(11-15)12-16(31)2-5-26/h9,11,14,16,30-31H,2-4,6-8,10,12-13H2,1H3/t14-,16+,21+/m0/s1. The number of halogens is 3. The first-order valence-corrected chi connectivity index (χ1v) is 11.8. The van der Waals surface area contributed by atoms with E-state index in [9.17, 15) is 23.4 Å². The van der Waals surface area contributed by atoms with Crippen molar-refractivity contribution in [2.45, 2.75) is 76.2 Å². The molecule has 0 radical (unpaired) electrons. The first-order valence-electron chi connectivity index (χ1n) is 10.9. The molecule has 2 aromatic rings. The molecule has 0 aromatic carbocycles. The lowest BCUT2D eigenvalue weighted by Crippen LogP contribution is -2.50. The van der Waals surface area contributed by atoms with Crippen molar-refractivity contribution >= 4 is 11.3 Å². The molecule has 1 saturated heterocycles. The number of hydrogen-bond donors (Lipinski definition) is 2. The van der Waals surface area contributed by atoms with Crippen LogP contribution in [0.3, 0.4) is 0 Å². The van der Waals surface area contributed by atoms with E-state index in [-0.39, 0.29) is 24.6 Å². The van der Waals surface area contributed by atoms with Gasteiger partial charge in [0.05, 0.1) is 44.5 Å². The second kappa shape index (κ2) is 9.35. The molecule has 1 spiro atoms. The van der Waals surface area contributed by atoms with Crippen LogP contribution in [0.5, 0.6) is 0 Å². The van der Waals surface area contributed by atoms with E-state index >= 15 is 0 Å². The fraction of sp³-hybridized carbons (Fsp3) is 0.636. The molecule has 7 nitrogen and oxygen atoms in total. The van der Waals surface area contributed by atoms with Crippen molar-refractivity contribution in [1.29, 1.82) is 5.26 Å². The molecule has 180 valence electrons. The second-order valence-corrected chi connectivity index (χ2v) is 9.85. The van der Waals surface area contributed by atoms with Gasteiger partial charge in [-0.2, -0.15) is 23.5 Å². The first-order chi connectivity index (χ1) is 15.7. The minimum atomic E-state index is -4.49. The van der Waals surface area contributed by atoms with Crippen LogP contribution in [-0.2, 0) is 42.6 Å². The van der Waals surface area contributed by atoms with Gasteiger partial charge in [-0.15, -0.1) is 11.3 Å². The van der Waals surface area contributed by atoms with E-state index in [0.29, 0.717) is 49.4 Å². The lowest BCUT2D eigenvalue weighted by atomic mass is 9.81. The summed E-state index contributed by atoms with van der Waals surface area (Å²) in [5, 5.41) is 32.4. The van der Waals surface area contributed by atoms with Gasteiger partial charge in [0, 0.05) is 41.3 Å². The number of fused-ring (bicyclic) bond motifs is 2. The Balaban J connectivity index is 1.49. The first kappa shape index (κ1) is 24.2. The zero-order valence-electron chi connectivity index (χ0n) is 18.3. The number of thiophene rings is 1. The van der Waals surface area contributed by atoms with Crippen LogP contribution in [0.4, 0.5) is 13.2 Å². The van der Waals surface area contributed by atoms with Gasteiger partial charge in [-0.25, -0.2) is 0 Å². The fourth-order valence-corrected chi connectivity index (χ4v) is 6.38. The zero-order valence-corrected chi connectivity index (χ0v) is 19.1. The smallest absolute Gasteiger partial charge is 0.392 e. The Labute approximate surface area is 194 Å². The summed E-state index contributed by atoms with van der Waals surface area (Å²) < 4.78 is 48.6. The van der Waals surface area contributed by atoms with Crippen LogP contribution in [-0.4, -0.2) is 50.2 Å². The molecular formula is C22H27F3N4O3S. The normalized spacial score (nSPS) is 24.6. The summed E-state index contributed by atoms with van der Waals surface area (Å²) in [4.78, 5) is 2.16. The molecule has 4 rings (SSSR count). The van der Waals surface area contributed by atoms with Crippen LogP contribution < -0.4 is 0 Å². The van der Waals surface area contributed by atoms with E-state index in [1.54, 1.807) is 10.9 Å². The summed E-state index contributed by atoms with van der Waals surface area (Å²) in [6, 6.07) is 1.99. The highest BCUT2D eigenvalue weighted by molar-refractivity contribution is 7.12. The maximum atomic E-state index is 13.6. The number of piperidine rings is 1. The number of aliphatic hydroxyl groups excluding tert-OH is 2. The van der Waals surface area contributed by atoms with Gasteiger partial charge in [0.15, 0.2) is 0 Å². The molecule has 2 aromatic heterocycles. The fourth-order valence-electron chi connectivity index (χ4n) is 4.98. The lowest BCUT2D eigenvalue weighted by Gasteiger charge is -2.47. The van der Waals surface area contributed by atoms with Crippen LogP contribution in [0.25, 0.3) is 0 Å². The largest absolute Gasteiger partial charge is 0.425 e. The summed E-state index contributed by atoms with van der Waals surface area (Å²) in [5.74, 6) is 0. The predicted octanol–water partition coefficient (Wildman–Crippen LogP) is 3.18. The molecule has 0 amide bonds. The number of hydrogen-bond acceptors (Lipinski definition) is 7. The van der Waals surface area contributed by atoms with Crippen molar-refractivity contribution in [2.24, 2.45) is 0 Å². The number of likely N-dealkylation sites (tertiary alicyclic amines) is 1. The average Bonchev–Trinajstić information content (AvgIpc) is 3.35. The van der Waals surface area contributed by atoms with E-state index in [0.717, 1.165) is 16.9 Å². The minimum absolute atomic E-state index is 0.00579. The van der Waals surface area contributed by atoms with Crippen LogP contribution in [0.15, 0.2) is 12.4 Å². The molecule has 1 fully saturated rings. The molecule has 0 unspecified atom stereocenters. The van der Waals surface area contributed by atoms with Crippen molar-refractivity contribution in [1.82, 2.24) is 14.7 Å². The molecular weight excluding hydrogens is 457 g/mol. The summed E-state index contributed by atoms with van der Waals surface area (Å²) in [6.07, 6.45) is -0.129. The van der Waals surface area contributed by atoms with Gasteiger partial charge >= 0.3 is 6.18 Å². The number of aliphatic hydroxyl groups is 2. The molecule has 11 heteroatoms. The van der Waals surface area contributed by atoms with Crippen LogP contribution in [0, 0.1) is 11.3 Å². The molecule has 2 aliphatic heterocycles. The molecule has 0 bridgehead atoms. The Bertz CT molecular complexity index is 1030. The van der Waals surface area contributed by atoms with E-state index in [1.165, 1.54) is 0 Å². The maximum absolute atomic E-state index is 13.6. The van der Waals surface area contributed by atoms with E-state index in [2.05, 4.69) is 10.00 Å². The molecule has 3 atom stereocenters. The third kappa shape index (κ3) is 4.81. The summed E-state index contributed by atoms with van der Waals surface area (Å²) in [6.45, 7) is 3.29. The molecule has 2 aliphatic rings. The maximum Gasteiger partial charge on any atom is 0.425 e. The SMILES string of the molecule is C[C@H]1C[C@@]2(CCN1Cc1cnn(C[C@H](O)CC#N)c1)OCCc1c2sc(C(F)(F)F)c1CO. The number of ether oxygens (including phenoxy) is 1. The topological polar surface area (TPSA) is 94.5 Å². The highest BCUT2D eigenvalue weighted by atomic mass is 32.1. The number of nitriles is 1. The van der Waals surface area contributed by atoms with Gasteiger partial charge in [-0.05, 0) is 31.7 Å². The lowest BCUT2D eigenvalue weighted by molar-refractivity contribution is -0.135. The van der Waals surface area contributed by atoms with Crippen molar-refractivity contribution in [3.63, 3.8) is 0 Å². The van der Waals surface area contributed by atoms with E-state index in [1.807, 2.05) is 19.2 Å². The molecule has 0 saturated carbocycles. The summed E-state index contributed by atoms with van der Waals surface area (Å²) >= 11 is 0.731. The van der Waals surface area contributed by atoms with Gasteiger partial charge in [-0.3, -0.25) is 9.58 Å². The highest BCUT2D eigenvalue weighted by Crippen LogP contribution is 2.51. The van der Waals surface area contributed by atoms with Gasteiger partial charge in [0.1, 0.15) is 10.5 Å². The molecule has 2 N–H and O–H groups in total. The number of rotatable bonds is 6. The van der Waals surface area contributed by atoms with Crippen molar-refractivity contribution in [3.8, 4) is 6.07 Å². The summed E-state index contributed by atoms with van der Waals surface area (Å²) in [5.41, 5.74) is 0.822. The van der Waals surface area contributed by atoms with Gasteiger partial charge in [0.2, 0.25) is 0 Å². The second-order valence-electron chi connectivity index (χ2n) is 8.83.